The molecule has 1 saturated heterocycles. The van der Waals surface area contributed by atoms with Crippen LogP contribution in [0.25, 0.3) is 0 Å². The van der Waals surface area contributed by atoms with E-state index in [2.05, 4.69) is 24.1 Å². The van der Waals surface area contributed by atoms with Crippen LogP contribution < -0.4 is 5.32 Å². The van der Waals surface area contributed by atoms with Crippen LogP contribution in [0.15, 0.2) is 0 Å². The summed E-state index contributed by atoms with van der Waals surface area (Å²) in [4.78, 5) is 12.6. The van der Waals surface area contributed by atoms with Gasteiger partial charge in [-0.05, 0) is 13.8 Å². The minimum atomic E-state index is -0.709. The van der Waals surface area contributed by atoms with Gasteiger partial charge in [-0.3, -0.25) is 9.69 Å². The predicted octanol–water partition coefficient (Wildman–Crippen LogP) is 0.143. The normalized spacial score (nSPS) is 30.3. The molecule has 1 heterocycles. The average Bonchev–Trinajstić information content (AvgIpc) is 1.99. The van der Waals surface area contributed by atoms with Crippen LogP contribution in [0, 0.1) is 0 Å². The van der Waals surface area contributed by atoms with Crippen LogP contribution >= 0.6 is 0 Å². The third-order valence-corrected chi connectivity index (χ3v) is 2.28. The van der Waals surface area contributed by atoms with Crippen molar-refractivity contribution < 1.29 is 9.90 Å². The zero-order chi connectivity index (χ0) is 9.84. The van der Waals surface area contributed by atoms with Gasteiger partial charge in [-0.25, -0.2) is 0 Å². The maximum atomic E-state index is 10.4. The highest BCUT2D eigenvalue weighted by molar-refractivity contribution is 5.66. The number of nitrogens with one attached hydrogen (secondary N) is 1. The Kier molecular flexibility index (Phi) is 3.69. The van der Waals surface area contributed by atoms with Crippen LogP contribution in [-0.2, 0) is 4.79 Å². The first-order valence-corrected chi connectivity index (χ1v) is 4.78. The van der Waals surface area contributed by atoms with Crippen LogP contribution in [0.3, 0.4) is 0 Å². The molecule has 2 atom stereocenters. The molecule has 0 amide bonds. The van der Waals surface area contributed by atoms with Crippen LogP contribution in [0.1, 0.15) is 20.3 Å². The molecule has 0 saturated carbocycles. The number of aliphatic carboxylic acids is 1. The SMILES string of the molecule is CC1CN(CCC(=O)O)CC(C)N1. The summed E-state index contributed by atoms with van der Waals surface area (Å²) in [5.41, 5.74) is 0. The van der Waals surface area contributed by atoms with Crippen LogP contribution in [-0.4, -0.2) is 47.7 Å². The Morgan fingerprint density at radius 3 is 2.46 bits per heavy atom. The molecule has 2 N–H and O–H groups in total. The minimum Gasteiger partial charge on any atom is -0.481 e. The molecule has 4 heteroatoms. The van der Waals surface area contributed by atoms with Gasteiger partial charge < -0.3 is 10.4 Å². The van der Waals surface area contributed by atoms with E-state index >= 15 is 0 Å². The standard InChI is InChI=1S/C9H18N2O2/c1-7-5-11(4-3-9(12)13)6-8(2)10-7/h7-8,10H,3-6H2,1-2H3,(H,12,13). The van der Waals surface area contributed by atoms with Gasteiger partial charge in [0.1, 0.15) is 0 Å². The first-order valence-electron chi connectivity index (χ1n) is 4.78. The number of hydrogen-bond donors (Lipinski definition) is 2. The molecular weight excluding hydrogens is 168 g/mol. The molecule has 0 aromatic heterocycles. The summed E-state index contributed by atoms with van der Waals surface area (Å²) in [6.07, 6.45) is 0.249. The van der Waals surface area contributed by atoms with Crippen molar-refractivity contribution in [3.63, 3.8) is 0 Å². The van der Waals surface area contributed by atoms with E-state index in [9.17, 15) is 4.79 Å². The van der Waals surface area contributed by atoms with E-state index in [-0.39, 0.29) is 6.42 Å². The van der Waals surface area contributed by atoms with E-state index in [1.54, 1.807) is 0 Å². The summed E-state index contributed by atoms with van der Waals surface area (Å²) < 4.78 is 0. The fourth-order valence-electron chi connectivity index (χ4n) is 1.88. The lowest BCUT2D eigenvalue weighted by atomic mass is 10.1. The summed E-state index contributed by atoms with van der Waals surface area (Å²) in [6, 6.07) is 0.940. The number of carboxylic acid groups (broad SMARTS) is 1. The van der Waals surface area contributed by atoms with E-state index in [4.69, 9.17) is 5.11 Å². The summed E-state index contributed by atoms with van der Waals surface area (Å²) in [7, 11) is 0. The van der Waals surface area contributed by atoms with Crippen molar-refractivity contribution in [1.82, 2.24) is 10.2 Å². The van der Waals surface area contributed by atoms with E-state index in [0.29, 0.717) is 18.6 Å². The monoisotopic (exact) mass is 186 g/mol. The van der Waals surface area contributed by atoms with Crippen molar-refractivity contribution >= 4 is 5.97 Å². The number of piperazine rings is 1. The number of rotatable bonds is 3. The Morgan fingerprint density at radius 2 is 2.00 bits per heavy atom. The number of nitrogens with zero attached hydrogens (tertiary/aromatic N) is 1. The zero-order valence-electron chi connectivity index (χ0n) is 8.29. The smallest absolute Gasteiger partial charge is 0.304 e. The molecule has 76 valence electrons. The molecule has 13 heavy (non-hydrogen) atoms. The Labute approximate surface area is 78.9 Å². The summed E-state index contributed by atoms with van der Waals surface area (Å²) in [5, 5.41) is 11.9. The fourth-order valence-corrected chi connectivity index (χ4v) is 1.88. The van der Waals surface area contributed by atoms with Gasteiger partial charge in [0.15, 0.2) is 0 Å². The number of carbonyl (C=O) groups is 1. The highest BCUT2D eigenvalue weighted by Gasteiger charge is 2.20. The maximum Gasteiger partial charge on any atom is 0.304 e. The lowest BCUT2D eigenvalue weighted by Gasteiger charge is -2.35. The molecule has 1 fully saturated rings. The van der Waals surface area contributed by atoms with Gasteiger partial charge in [0.05, 0.1) is 6.42 Å². The third-order valence-electron chi connectivity index (χ3n) is 2.28. The van der Waals surface area contributed by atoms with Crippen LogP contribution in [0.4, 0.5) is 0 Å². The van der Waals surface area contributed by atoms with E-state index < -0.39 is 5.97 Å². The Hall–Kier alpha value is -0.610. The van der Waals surface area contributed by atoms with Crippen LogP contribution in [0.5, 0.6) is 0 Å². The summed E-state index contributed by atoms with van der Waals surface area (Å²) >= 11 is 0. The van der Waals surface area contributed by atoms with Gasteiger partial charge in [-0.15, -0.1) is 0 Å². The second-order valence-corrected chi connectivity index (χ2v) is 3.87. The Bertz CT molecular complexity index is 174. The van der Waals surface area contributed by atoms with Gasteiger partial charge in [-0.2, -0.15) is 0 Å². The predicted molar refractivity (Wildman–Crippen MR) is 50.8 cm³/mol. The van der Waals surface area contributed by atoms with Crippen molar-refractivity contribution in [3.05, 3.63) is 0 Å². The molecule has 0 aliphatic carbocycles. The van der Waals surface area contributed by atoms with Crippen molar-refractivity contribution in [2.45, 2.75) is 32.4 Å². The minimum absolute atomic E-state index is 0.249. The van der Waals surface area contributed by atoms with Gasteiger partial charge in [0, 0.05) is 31.7 Å². The highest BCUT2D eigenvalue weighted by atomic mass is 16.4. The second-order valence-electron chi connectivity index (χ2n) is 3.87. The molecule has 0 aromatic carbocycles. The van der Waals surface area contributed by atoms with E-state index in [0.717, 1.165) is 13.1 Å². The zero-order valence-corrected chi connectivity index (χ0v) is 8.29. The average molecular weight is 186 g/mol. The molecule has 2 unspecified atom stereocenters. The topological polar surface area (TPSA) is 52.6 Å². The molecule has 1 aliphatic heterocycles. The summed E-state index contributed by atoms with van der Waals surface area (Å²) in [6.45, 7) is 6.84. The van der Waals surface area contributed by atoms with Gasteiger partial charge in [0.2, 0.25) is 0 Å². The van der Waals surface area contributed by atoms with Crippen molar-refractivity contribution in [2.24, 2.45) is 0 Å². The molecule has 4 nitrogen and oxygen atoms in total. The van der Waals surface area contributed by atoms with Crippen LogP contribution in [0.2, 0.25) is 0 Å². The van der Waals surface area contributed by atoms with E-state index in [1.807, 2.05) is 0 Å². The second kappa shape index (κ2) is 4.58. The van der Waals surface area contributed by atoms with Crippen molar-refractivity contribution in [1.29, 1.82) is 0 Å². The lowest BCUT2D eigenvalue weighted by molar-refractivity contribution is -0.137. The Morgan fingerprint density at radius 1 is 1.46 bits per heavy atom. The Balaban J connectivity index is 2.28. The van der Waals surface area contributed by atoms with Gasteiger partial charge in [0.25, 0.3) is 0 Å². The fraction of sp³-hybridized carbons (Fsp3) is 0.889. The number of hydrogen-bond acceptors (Lipinski definition) is 3. The third kappa shape index (κ3) is 3.74. The quantitative estimate of drug-likeness (QED) is 0.658. The molecule has 0 bridgehead atoms. The number of carboxylic acids is 1. The van der Waals surface area contributed by atoms with Gasteiger partial charge in [-0.1, -0.05) is 0 Å². The molecule has 0 aromatic rings. The molecule has 1 aliphatic rings. The first kappa shape index (κ1) is 10.5. The molecule has 0 radical (unpaired) electrons. The highest BCUT2D eigenvalue weighted by Crippen LogP contribution is 2.04. The maximum absolute atomic E-state index is 10.4. The van der Waals surface area contributed by atoms with E-state index in [1.165, 1.54) is 0 Å². The first-order chi connectivity index (χ1) is 6.08. The lowest BCUT2D eigenvalue weighted by Crippen LogP contribution is -2.54. The van der Waals surface area contributed by atoms with Crippen molar-refractivity contribution in [2.75, 3.05) is 19.6 Å². The molecule has 0 spiro atoms. The van der Waals surface area contributed by atoms with Crippen molar-refractivity contribution in [3.8, 4) is 0 Å². The molecule has 1 rings (SSSR count). The van der Waals surface area contributed by atoms with Gasteiger partial charge >= 0.3 is 5.97 Å². The largest absolute Gasteiger partial charge is 0.481 e. The summed E-state index contributed by atoms with van der Waals surface area (Å²) in [5.74, 6) is -0.709. The molecular formula is C9H18N2O2.